The van der Waals surface area contributed by atoms with Crippen molar-refractivity contribution in [2.45, 2.75) is 18.2 Å². The molecule has 0 unspecified atom stereocenters. The molecule has 0 fully saturated rings. The first-order valence-electron chi connectivity index (χ1n) is 6.73. The van der Waals surface area contributed by atoms with Gasteiger partial charge in [0.2, 0.25) is 0 Å². The zero-order valence-corrected chi connectivity index (χ0v) is 12.6. The lowest BCUT2D eigenvalue weighted by Crippen LogP contribution is -2.13. The molecule has 4 heteroatoms. The van der Waals surface area contributed by atoms with Crippen LogP contribution >= 0.6 is 11.8 Å². The summed E-state index contributed by atoms with van der Waals surface area (Å²) in [7, 11) is 0. The minimum atomic E-state index is -0.153. The third kappa shape index (κ3) is 4.11. The van der Waals surface area contributed by atoms with E-state index >= 15 is 0 Å². The molecule has 0 saturated carbocycles. The SMILES string of the molecule is CCc1ccc(NC(=O)c2ccccc2SCC#N)cc1. The zero-order valence-electron chi connectivity index (χ0n) is 11.8. The van der Waals surface area contributed by atoms with Gasteiger partial charge >= 0.3 is 0 Å². The summed E-state index contributed by atoms with van der Waals surface area (Å²) in [6, 6.07) is 17.2. The average Bonchev–Trinajstić information content (AvgIpc) is 2.54. The number of hydrogen-bond donors (Lipinski definition) is 1. The maximum Gasteiger partial charge on any atom is 0.256 e. The van der Waals surface area contributed by atoms with Crippen molar-refractivity contribution in [1.82, 2.24) is 0 Å². The van der Waals surface area contributed by atoms with Gasteiger partial charge in [-0.15, -0.1) is 11.8 Å². The van der Waals surface area contributed by atoms with Crippen LogP contribution in [0.3, 0.4) is 0 Å². The highest BCUT2D eigenvalue weighted by molar-refractivity contribution is 7.99. The number of rotatable bonds is 5. The molecule has 0 aliphatic carbocycles. The van der Waals surface area contributed by atoms with Crippen LogP contribution in [0.5, 0.6) is 0 Å². The van der Waals surface area contributed by atoms with Crippen LogP contribution in [-0.2, 0) is 6.42 Å². The predicted octanol–water partition coefficient (Wildman–Crippen LogP) is 4.12. The third-order valence-corrected chi connectivity index (χ3v) is 3.98. The molecule has 1 N–H and O–H groups in total. The monoisotopic (exact) mass is 296 g/mol. The average molecular weight is 296 g/mol. The molecule has 0 aliphatic heterocycles. The molecule has 0 spiro atoms. The first-order chi connectivity index (χ1) is 10.2. The number of hydrogen-bond acceptors (Lipinski definition) is 3. The van der Waals surface area contributed by atoms with Crippen molar-refractivity contribution in [3.05, 3.63) is 59.7 Å². The van der Waals surface area contributed by atoms with Gasteiger partial charge in [-0.1, -0.05) is 31.2 Å². The van der Waals surface area contributed by atoms with Gasteiger partial charge in [0, 0.05) is 10.6 Å². The Hall–Kier alpha value is -2.25. The number of thioether (sulfide) groups is 1. The Morgan fingerprint density at radius 1 is 1.19 bits per heavy atom. The van der Waals surface area contributed by atoms with E-state index in [0.29, 0.717) is 11.3 Å². The molecule has 0 saturated heterocycles. The minimum Gasteiger partial charge on any atom is -0.322 e. The zero-order chi connectivity index (χ0) is 15.1. The fraction of sp³-hybridized carbons (Fsp3) is 0.176. The third-order valence-electron chi connectivity index (χ3n) is 3.04. The molecule has 2 rings (SSSR count). The van der Waals surface area contributed by atoms with Crippen LogP contribution in [0.25, 0.3) is 0 Å². The maximum absolute atomic E-state index is 12.3. The molecular formula is C17H16N2OS. The lowest BCUT2D eigenvalue weighted by molar-refractivity contribution is 0.102. The number of amides is 1. The van der Waals surface area contributed by atoms with Crippen LogP contribution in [0.2, 0.25) is 0 Å². The Morgan fingerprint density at radius 3 is 2.57 bits per heavy atom. The molecule has 2 aromatic rings. The summed E-state index contributed by atoms with van der Waals surface area (Å²) in [5.41, 5.74) is 2.60. The Bertz CT molecular complexity index is 659. The van der Waals surface area contributed by atoms with Crippen molar-refractivity contribution in [3.63, 3.8) is 0 Å². The fourth-order valence-corrected chi connectivity index (χ4v) is 2.62. The molecule has 0 atom stereocenters. The van der Waals surface area contributed by atoms with E-state index in [1.165, 1.54) is 17.3 Å². The highest BCUT2D eigenvalue weighted by atomic mass is 32.2. The Morgan fingerprint density at radius 2 is 1.90 bits per heavy atom. The molecule has 21 heavy (non-hydrogen) atoms. The van der Waals surface area contributed by atoms with Crippen molar-refractivity contribution >= 4 is 23.4 Å². The maximum atomic E-state index is 12.3. The lowest BCUT2D eigenvalue weighted by atomic mass is 10.1. The van der Waals surface area contributed by atoms with Gasteiger partial charge in [0.1, 0.15) is 0 Å². The Labute approximate surface area is 129 Å². The first kappa shape index (κ1) is 15.1. The molecular weight excluding hydrogens is 280 g/mol. The number of nitriles is 1. The second kappa shape index (κ2) is 7.51. The van der Waals surface area contributed by atoms with Gasteiger partial charge in [-0.05, 0) is 36.2 Å². The van der Waals surface area contributed by atoms with E-state index < -0.39 is 0 Å². The van der Waals surface area contributed by atoms with E-state index in [0.717, 1.165) is 17.0 Å². The van der Waals surface area contributed by atoms with E-state index in [1.54, 1.807) is 6.07 Å². The highest BCUT2D eigenvalue weighted by Crippen LogP contribution is 2.23. The van der Waals surface area contributed by atoms with Crippen LogP contribution in [0.1, 0.15) is 22.8 Å². The molecule has 0 bridgehead atoms. The summed E-state index contributed by atoms with van der Waals surface area (Å²) in [5.74, 6) is 0.176. The van der Waals surface area contributed by atoms with Crippen LogP contribution in [0, 0.1) is 11.3 Å². The van der Waals surface area contributed by atoms with E-state index in [4.69, 9.17) is 5.26 Å². The molecule has 106 valence electrons. The highest BCUT2D eigenvalue weighted by Gasteiger charge is 2.11. The second-order valence-electron chi connectivity index (χ2n) is 4.45. The van der Waals surface area contributed by atoms with Crippen molar-refractivity contribution in [2.24, 2.45) is 0 Å². The molecule has 0 heterocycles. The Balaban J connectivity index is 2.14. The number of carbonyl (C=O) groups is 1. The van der Waals surface area contributed by atoms with E-state index in [1.807, 2.05) is 42.5 Å². The molecule has 1 amide bonds. The van der Waals surface area contributed by atoms with Crippen LogP contribution in [0.4, 0.5) is 5.69 Å². The largest absolute Gasteiger partial charge is 0.322 e. The summed E-state index contributed by atoms with van der Waals surface area (Å²) in [6.45, 7) is 2.09. The predicted molar refractivity (Wildman–Crippen MR) is 86.6 cm³/mol. The summed E-state index contributed by atoms with van der Waals surface area (Å²) in [4.78, 5) is 13.2. The molecule has 0 radical (unpaired) electrons. The minimum absolute atomic E-state index is 0.153. The topological polar surface area (TPSA) is 52.9 Å². The first-order valence-corrected chi connectivity index (χ1v) is 7.72. The molecule has 0 aliphatic rings. The van der Waals surface area contributed by atoms with Crippen LogP contribution < -0.4 is 5.32 Å². The smallest absolute Gasteiger partial charge is 0.256 e. The molecule has 0 aromatic heterocycles. The van der Waals surface area contributed by atoms with Gasteiger partial charge in [0.15, 0.2) is 0 Å². The second-order valence-corrected chi connectivity index (χ2v) is 5.46. The van der Waals surface area contributed by atoms with E-state index in [2.05, 4.69) is 18.3 Å². The summed E-state index contributed by atoms with van der Waals surface area (Å²) >= 11 is 1.37. The Kier molecular flexibility index (Phi) is 5.42. The van der Waals surface area contributed by atoms with Crippen molar-refractivity contribution < 1.29 is 4.79 Å². The lowest BCUT2D eigenvalue weighted by Gasteiger charge is -2.09. The number of nitrogens with one attached hydrogen (secondary N) is 1. The van der Waals surface area contributed by atoms with Crippen molar-refractivity contribution in [2.75, 3.05) is 11.1 Å². The summed E-state index contributed by atoms with van der Waals surface area (Å²) < 4.78 is 0. The van der Waals surface area contributed by atoms with Gasteiger partial charge in [0.05, 0.1) is 17.4 Å². The van der Waals surface area contributed by atoms with Gasteiger partial charge in [-0.25, -0.2) is 0 Å². The normalized spacial score (nSPS) is 9.90. The van der Waals surface area contributed by atoms with Crippen molar-refractivity contribution in [3.8, 4) is 6.07 Å². The van der Waals surface area contributed by atoms with Crippen molar-refractivity contribution in [1.29, 1.82) is 5.26 Å². The molecule has 2 aromatic carbocycles. The van der Waals surface area contributed by atoms with E-state index in [-0.39, 0.29) is 5.91 Å². The van der Waals surface area contributed by atoms with Crippen LogP contribution in [0.15, 0.2) is 53.4 Å². The number of nitrogens with zero attached hydrogens (tertiary/aromatic N) is 1. The fourth-order valence-electron chi connectivity index (χ4n) is 1.91. The molecule has 3 nitrogen and oxygen atoms in total. The van der Waals surface area contributed by atoms with Gasteiger partial charge in [-0.2, -0.15) is 5.26 Å². The van der Waals surface area contributed by atoms with Gasteiger partial charge in [-0.3, -0.25) is 4.79 Å². The number of carbonyl (C=O) groups excluding carboxylic acids is 1. The quantitative estimate of drug-likeness (QED) is 0.844. The summed E-state index contributed by atoms with van der Waals surface area (Å²) in [5, 5.41) is 11.6. The summed E-state index contributed by atoms with van der Waals surface area (Å²) in [6.07, 6.45) is 0.974. The van der Waals surface area contributed by atoms with Gasteiger partial charge < -0.3 is 5.32 Å². The number of anilines is 1. The van der Waals surface area contributed by atoms with Crippen LogP contribution in [-0.4, -0.2) is 11.7 Å². The standard InChI is InChI=1S/C17H16N2OS/c1-2-13-7-9-14(10-8-13)19-17(20)15-5-3-4-6-16(15)21-12-11-18/h3-10H,2,12H2,1H3,(H,19,20). The van der Waals surface area contributed by atoms with Gasteiger partial charge in [0.25, 0.3) is 5.91 Å². The van der Waals surface area contributed by atoms with E-state index in [9.17, 15) is 4.79 Å². The number of aryl methyl sites for hydroxylation is 1. The number of benzene rings is 2.